The summed E-state index contributed by atoms with van der Waals surface area (Å²) in [5.74, 6) is -1.36. The molecule has 2 saturated carbocycles. The first-order chi connectivity index (χ1) is 16.2. The number of cyclic esters (lactones) is 1. The zero-order valence-corrected chi connectivity index (χ0v) is 19.7. The Kier molecular flexibility index (Phi) is 4.63. The zero-order valence-electron chi connectivity index (χ0n) is 19.7. The number of Topliss-reactive ketones (excluding diaryl/α,β-unsaturated/α-hetero) is 1. The average molecular weight is 459 g/mol. The van der Waals surface area contributed by atoms with E-state index in [0.29, 0.717) is 12.8 Å². The molecule has 6 rings (SSSR count). The number of hydrogen-bond acceptors (Lipinski definition) is 5. The van der Waals surface area contributed by atoms with Gasteiger partial charge in [0, 0.05) is 23.2 Å². The van der Waals surface area contributed by atoms with Gasteiger partial charge in [0.05, 0.1) is 5.60 Å². The Balaban J connectivity index is 1.50. The standard InChI is InChI=1S/C29H30O5/c1-16-24-21(15-18-11-12-19-8-4-5-9-20(19)14-18)29(32)13-7-6-10-22(29)28(16,3)26(30)23-25(34-24)17(2)33-27(23)31/h4-5,8-9,11-12,14,16,21-22,24,32H,2,6-7,10,13,15H2,1,3H3/t16-,21-,22+,24+,28-,29?/m1/s1. The first-order valence-corrected chi connectivity index (χ1v) is 12.3. The minimum Gasteiger partial charge on any atom is -0.485 e. The molecule has 0 aromatic heterocycles. The van der Waals surface area contributed by atoms with Crippen LogP contribution in [-0.4, -0.2) is 28.6 Å². The van der Waals surface area contributed by atoms with Crippen molar-refractivity contribution in [3.05, 3.63) is 71.7 Å². The molecule has 5 heteroatoms. The van der Waals surface area contributed by atoms with E-state index in [2.05, 4.69) is 36.9 Å². The molecule has 2 fully saturated rings. The van der Waals surface area contributed by atoms with Crippen molar-refractivity contribution in [3.8, 4) is 0 Å². The fourth-order valence-electron chi connectivity index (χ4n) is 7.36. The first kappa shape index (κ1) is 21.6. The van der Waals surface area contributed by atoms with Gasteiger partial charge in [-0.15, -0.1) is 0 Å². The predicted octanol–water partition coefficient (Wildman–Crippen LogP) is 4.87. The second-order valence-corrected chi connectivity index (χ2v) is 10.8. The second kappa shape index (κ2) is 7.29. The number of ketones is 1. The lowest BCUT2D eigenvalue weighted by Crippen LogP contribution is -2.67. The molecule has 176 valence electrons. The molecule has 2 aliphatic carbocycles. The molecule has 5 nitrogen and oxygen atoms in total. The van der Waals surface area contributed by atoms with E-state index in [1.807, 2.05) is 26.0 Å². The maximum atomic E-state index is 13.9. The number of fused-ring (bicyclic) bond motifs is 5. The Hall–Kier alpha value is -2.92. The number of ether oxygens (including phenoxy) is 2. The molecule has 1 N–H and O–H groups in total. The quantitative estimate of drug-likeness (QED) is 0.514. The molecular weight excluding hydrogens is 428 g/mol. The predicted molar refractivity (Wildman–Crippen MR) is 127 cm³/mol. The van der Waals surface area contributed by atoms with Crippen LogP contribution in [0.25, 0.3) is 10.8 Å². The molecule has 4 aliphatic rings. The highest BCUT2D eigenvalue weighted by Gasteiger charge is 2.68. The highest BCUT2D eigenvalue weighted by atomic mass is 16.6. The molecule has 0 spiro atoms. The van der Waals surface area contributed by atoms with Gasteiger partial charge < -0.3 is 14.6 Å². The molecule has 1 unspecified atom stereocenters. The monoisotopic (exact) mass is 458 g/mol. The second-order valence-electron chi connectivity index (χ2n) is 10.8. The van der Waals surface area contributed by atoms with Gasteiger partial charge >= 0.3 is 5.97 Å². The average Bonchev–Trinajstić information content (AvgIpc) is 3.07. The number of carbonyl (C=O) groups excluding carboxylic acids is 2. The van der Waals surface area contributed by atoms with E-state index in [1.165, 1.54) is 5.39 Å². The zero-order chi connectivity index (χ0) is 23.8. The number of esters is 1. The van der Waals surface area contributed by atoms with E-state index in [4.69, 9.17) is 9.47 Å². The Labute approximate surface area is 199 Å². The Bertz CT molecular complexity index is 1270. The summed E-state index contributed by atoms with van der Waals surface area (Å²) >= 11 is 0. The van der Waals surface area contributed by atoms with Gasteiger partial charge in [0.15, 0.2) is 17.3 Å². The maximum Gasteiger partial charge on any atom is 0.351 e. The van der Waals surface area contributed by atoms with Crippen molar-refractivity contribution in [2.75, 3.05) is 0 Å². The SMILES string of the molecule is C=C1OC(=O)C2=C1O[C@@H]1[C@@H](Cc3ccc4ccccc4c3)C3(O)CCCC[C@H]3[C@](C)(C2=O)[C@@H]1C. The normalized spacial score (nSPS) is 37.1. The minimum absolute atomic E-state index is 0.0267. The molecule has 2 aliphatic heterocycles. The lowest BCUT2D eigenvalue weighted by Gasteiger charge is -2.60. The van der Waals surface area contributed by atoms with Crippen molar-refractivity contribution in [3.63, 3.8) is 0 Å². The van der Waals surface area contributed by atoms with Crippen LogP contribution < -0.4 is 0 Å². The van der Waals surface area contributed by atoms with Crippen molar-refractivity contribution in [2.45, 2.75) is 57.7 Å². The summed E-state index contributed by atoms with van der Waals surface area (Å²) in [6.45, 7) is 7.80. The number of hydrogen-bond donors (Lipinski definition) is 1. The van der Waals surface area contributed by atoms with Gasteiger partial charge in [-0.1, -0.05) is 75.7 Å². The van der Waals surface area contributed by atoms with Crippen LogP contribution >= 0.6 is 0 Å². The maximum absolute atomic E-state index is 13.9. The van der Waals surface area contributed by atoms with Gasteiger partial charge in [0.2, 0.25) is 0 Å². The van der Waals surface area contributed by atoms with Gasteiger partial charge in [-0.2, -0.15) is 0 Å². The van der Waals surface area contributed by atoms with E-state index < -0.39 is 23.1 Å². The lowest BCUT2D eigenvalue weighted by atomic mass is 9.46. The van der Waals surface area contributed by atoms with E-state index >= 15 is 0 Å². The molecule has 0 amide bonds. The summed E-state index contributed by atoms with van der Waals surface area (Å²) in [6, 6.07) is 14.7. The highest BCUT2D eigenvalue weighted by Crippen LogP contribution is 2.62. The number of benzene rings is 2. The summed E-state index contributed by atoms with van der Waals surface area (Å²) in [4.78, 5) is 26.6. The van der Waals surface area contributed by atoms with E-state index in [-0.39, 0.29) is 40.6 Å². The Morgan fingerprint density at radius 2 is 1.88 bits per heavy atom. The van der Waals surface area contributed by atoms with Crippen LogP contribution in [0.4, 0.5) is 0 Å². The molecule has 6 atom stereocenters. The highest BCUT2D eigenvalue weighted by molar-refractivity contribution is 6.22. The third-order valence-electron chi connectivity index (χ3n) is 9.26. The van der Waals surface area contributed by atoms with Crippen LogP contribution in [0.15, 0.2) is 66.1 Å². The number of rotatable bonds is 2. The van der Waals surface area contributed by atoms with Gasteiger partial charge in [-0.3, -0.25) is 4.79 Å². The minimum atomic E-state index is -1.06. The van der Waals surface area contributed by atoms with E-state index in [1.54, 1.807) is 0 Å². The van der Waals surface area contributed by atoms with Crippen molar-refractivity contribution in [2.24, 2.45) is 23.2 Å². The molecule has 2 heterocycles. The van der Waals surface area contributed by atoms with Crippen molar-refractivity contribution < 1.29 is 24.2 Å². The molecule has 0 saturated heterocycles. The summed E-state index contributed by atoms with van der Waals surface area (Å²) in [5, 5.41) is 14.7. The molecule has 2 bridgehead atoms. The third-order valence-corrected chi connectivity index (χ3v) is 9.26. The van der Waals surface area contributed by atoms with Crippen molar-refractivity contribution in [1.29, 1.82) is 0 Å². The summed E-state index contributed by atoms with van der Waals surface area (Å²) < 4.78 is 11.7. The van der Waals surface area contributed by atoms with Gasteiger partial charge in [-0.25, -0.2) is 4.79 Å². The summed E-state index contributed by atoms with van der Waals surface area (Å²) in [5.41, 5.74) is -0.874. The fraction of sp³-hybridized carbons (Fsp3) is 0.448. The lowest BCUT2D eigenvalue weighted by molar-refractivity contribution is -0.224. The molecule has 2 aromatic rings. The van der Waals surface area contributed by atoms with E-state index in [9.17, 15) is 14.7 Å². The number of carbonyl (C=O) groups is 2. The van der Waals surface area contributed by atoms with Crippen LogP contribution in [0, 0.1) is 23.2 Å². The first-order valence-electron chi connectivity index (χ1n) is 12.3. The molecule has 0 radical (unpaired) electrons. The topological polar surface area (TPSA) is 72.8 Å². The van der Waals surface area contributed by atoms with Crippen molar-refractivity contribution in [1.82, 2.24) is 0 Å². The van der Waals surface area contributed by atoms with E-state index in [0.717, 1.165) is 30.2 Å². The van der Waals surface area contributed by atoms with Crippen molar-refractivity contribution >= 4 is 22.5 Å². The Morgan fingerprint density at radius 3 is 2.68 bits per heavy atom. The molecule has 34 heavy (non-hydrogen) atoms. The van der Waals surface area contributed by atoms with Crippen LogP contribution in [0.1, 0.15) is 45.1 Å². The smallest absolute Gasteiger partial charge is 0.351 e. The third kappa shape index (κ3) is 2.76. The number of aliphatic hydroxyl groups is 1. The van der Waals surface area contributed by atoms with Crippen LogP contribution in [0.2, 0.25) is 0 Å². The van der Waals surface area contributed by atoms with Gasteiger partial charge in [0.1, 0.15) is 11.7 Å². The van der Waals surface area contributed by atoms with Crippen LogP contribution in [0.3, 0.4) is 0 Å². The summed E-state index contributed by atoms with van der Waals surface area (Å²) in [7, 11) is 0. The fourth-order valence-corrected chi connectivity index (χ4v) is 7.36. The molecular formula is C29H30O5. The Morgan fingerprint density at radius 1 is 1.12 bits per heavy atom. The largest absolute Gasteiger partial charge is 0.485 e. The van der Waals surface area contributed by atoms with Gasteiger partial charge in [0.25, 0.3) is 0 Å². The van der Waals surface area contributed by atoms with Crippen LogP contribution in [-0.2, 0) is 25.5 Å². The molecule has 2 aromatic carbocycles. The summed E-state index contributed by atoms with van der Waals surface area (Å²) in [6.07, 6.45) is 3.43. The van der Waals surface area contributed by atoms with Crippen LogP contribution in [0.5, 0.6) is 0 Å². The van der Waals surface area contributed by atoms with Gasteiger partial charge in [-0.05, 0) is 35.6 Å².